The number of hydrogen-bond acceptors (Lipinski definition) is 24. The number of rotatable bonds is 27. The molecule has 0 radical (unpaired) electrons. The van der Waals surface area contributed by atoms with Gasteiger partial charge in [0.25, 0.3) is 0 Å². The third-order valence-corrected chi connectivity index (χ3v) is 22.5. The van der Waals surface area contributed by atoms with Crippen molar-refractivity contribution in [2.24, 2.45) is 70.8 Å². The smallest absolute Gasteiger partial charge is 0.161 e. The highest BCUT2D eigenvalue weighted by atomic mass is 16.5. The molecule has 0 aliphatic carbocycles. The van der Waals surface area contributed by atoms with Crippen molar-refractivity contribution in [3.05, 3.63) is 139 Å². The first kappa shape index (κ1) is 45.8. The van der Waals surface area contributed by atoms with Crippen LogP contribution >= 0.6 is 0 Å². The number of carbonyl (C=O) groups excluding carboxylic acids is 6. The maximum Gasteiger partial charge on any atom is 0.161 e. The van der Waals surface area contributed by atoms with Crippen molar-refractivity contribution in [1.82, 2.24) is 29.4 Å². The van der Waals surface area contributed by atoms with E-state index in [1.165, 1.54) is 52.7 Å². The molecule has 24 nitrogen and oxygen atoms in total. The molecule has 15 atom stereocenters. The first-order valence-electron chi connectivity index (χ1n) is 83.1. The zero-order valence-corrected chi connectivity index (χ0v) is 81.5. The number of nitrogens with zero attached hydrogens (tertiary/aromatic N) is 6. The van der Waals surface area contributed by atoms with Gasteiger partial charge >= 0.3 is 0 Å². The van der Waals surface area contributed by atoms with Gasteiger partial charge in [0.05, 0.1) is 102 Å². The van der Waals surface area contributed by atoms with E-state index in [0.29, 0.717) is 30.6 Å². The lowest BCUT2D eigenvalue weighted by atomic mass is 9.79. The third kappa shape index (κ3) is 25.6. The average molecular weight is 2030 g/mol. The van der Waals surface area contributed by atoms with E-state index in [1.807, 2.05) is 13.8 Å². The molecule has 6 fully saturated rings. The van der Waals surface area contributed by atoms with E-state index in [-0.39, 0.29) is 89.5 Å². The van der Waals surface area contributed by atoms with Crippen molar-refractivity contribution in [2.75, 3.05) is 163 Å². The summed E-state index contributed by atoms with van der Waals surface area (Å²) in [6.45, 7) is -33.0. The number of ketones is 6. The lowest BCUT2D eigenvalue weighted by molar-refractivity contribution is -0.130. The monoisotopic (exact) mass is 2020 g/mol. The summed E-state index contributed by atoms with van der Waals surface area (Å²) in [5, 5.41) is 0. The summed E-state index contributed by atoms with van der Waals surface area (Å²) >= 11 is 0. The van der Waals surface area contributed by atoms with Crippen LogP contribution in [-0.2, 0) is 67.0 Å². The van der Waals surface area contributed by atoms with Crippen LogP contribution in [0.4, 0.5) is 0 Å². The summed E-state index contributed by atoms with van der Waals surface area (Å²) in [6, 6.07) is -17.0. The van der Waals surface area contributed by atoms with E-state index in [4.69, 9.17) is 161 Å². The maximum absolute atomic E-state index is 13.9. The minimum atomic E-state index is -4.28. The highest BCUT2D eigenvalue weighted by Crippen LogP contribution is 2.51. The number of carbonyl (C=O) groups is 6. The van der Waals surface area contributed by atoms with E-state index < -0.39 is 489 Å². The molecular weight excluding hydrogens is 1780 g/mol. The molecular formula is C117H168N6O18. The fourth-order valence-corrected chi connectivity index (χ4v) is 15.6. The molecule has 12 heterocycles. The van der Waals surface area contributed by atoms with Crippen molar-refractivity contribution in [3.8, 4) is 69.0 Å². The third-order valence-electron chi connectivity index (χ3n) is 22.5. The van der Waals surface area contributed by atoms with Gasteiger partial charge < -0.3 is 56.8 Å². The maximum atomic E-state index is 13.9. The fraction of sp³-hybridized carbons (Fsp3) is 0.641. The van der Waals surface area contributed by atoms with Gasteiger partial charge in [-0.2, -0.15) is 0 Å². The lowest BCUT2D eigenvalue weighted by Crippen LogP contribution is -2.46. The molecule has 0 bridgehead atoms. The summed E-state index contributed by atoms with van der Waals surface area (Å²) < 4.78 is 727. The van der Waals surface area contributed by atoms with E-state index in [1.54, 1.807) is 27.7 Å². The number of Topliss-reactive ketones (excluding diaryl/α,β-unsaturated/α-hetero) is 6. The predicted octanol–water partition coefficient (Wildman–Crippen LogP) is 20.6. The molecule has 0 aromatic heterocycles. The van der Waals surface area contributed by atoms with E-state index in [9.17, 15) is 31.5 Å². The second kappa shape index (κ2) is 50.0. The average Bonchev–Trinajstić information content (AvgIpc) is 0.643. The molecule has 12 aliphatic heterocycles. The van der Waals surface area contributed by atoms with E-state index >= 15 is 0 Å². The molecule has 24 heteroatoms. The molecule has 12 aliphatic rings. The van der Waals surface area contributed by atoms with Gasteiger partial charge in [0.2, 0.25) is 0 Å². The highest BCUT2D eigenvalue weighted by Gasteiger charge is 2.47. The Bertz CT molecular complexity index is 9330. The summed E-state index contributed by atoms with van der Waals surface area (Å²) in [6.07, 6.45) is -56.1. The largest absolute Gasteiger partial charge is 0.493 e. The molecule has 6 aromatic rings. The van der Waals surface area contributed by atoms with Crippen LogP contribution in [0.5, 0.6) is 69.0 Å². The molecule has 141 heavy (non-hydrogen) atoms. The van der Waals surface area contributed by atoms with Crippen LogP contribution in [0, 0.1) is 70.8 Å². The Balaban J connectivity index is 0.000000210. The topological polar surface area (TPSA) is 233 Å². The molecule has 774 valence electrons. The molecule has 15 unspecified atom stereocenters. The highest BCUT2D eigenvalue weighted by molar-refractivity contribution is 5.86. The minimum Gasteiger partial charge on any atom is -0.493 e. The van der Waals surface area contributed by atoms with Crippen LogP contribution in [0.1, 0.15) is 389 Å². The number of fused-ring (bicyclic) bond motifs is 18. The van der Waals surface area contributed by atoms with Crippen molar-refractivity contribution in [1.29, 1.82) is 0 Å². The van der Waals surface area contributed by atoms with Crippen LogP contribution in [0.3, 0.4) is 0 Å². The Morgan fingerprint density at radius 2 is 0.645 bits per heavy atom. The van der Waals surface area contributed by atoms with Crippen LogP contribution in [0.2, 0.25) is 0 Å². The quantitative estimate of drug-likeness (QED) is 0.0466. The van der Waals surface area contributed by atoms with Gasteiger partial charge in [0, 0.05) is 278 Å². The Kier molecular flexibility index (Phi) is 16.2. The predicted molar refractivity (Wildman–Crippen MR) is 555 cm³/mol. The van der Waals surface area contributed by atoms with Gasteiger partial charge in [-0.15, -0.1) is 0 Å². The van der Waals surface area contributed by atoms with Crippen molar-refractivity contribution < 1.29 is 193 Å². The number of methoxy groups -OCH3 is 12. The van der Waals surface area contributed by atoms with Gasteiger partial charge in [-0.05, 0) is 251 Å². The van der Waals surface area contributed by atoms with Gasteiger partial charge in [-0.3, -0.25) is 58.2 Å². The Hall–Kier alpha value is -9.30. The lowest BCUT2D eigenvalue weighted by Gasteiger charge is -2.43. The Morgan fingerprint density at radius 3 is 1.11 bits per heavy atom. The number of hydrogen-bond donors (Lipinski definition) is 0. The number of aryl methyl sites for hydroxylation is 2. The number of ether oxygens (including phenoxy) is 12. The number of benzene rings is 6. The Labute approximate surface area is 952 Å². The SMILES string of the molecule is [2H]C1(CC(C)C)CN2C([2H])([2H])C([2H])([2H])c3cc(OC)c(OC)cc3C2([2H])C([2H])([2H])C1=O.[2H]C12CC(=O)C(CC(C)C)C([2H])([2H])N1C([2H])([2H])C([2H])([2H])c1cc(OC)c(OC)cc12.[2H]c1c(OC)c(OC)c([2H])c2c1C([2H])([2H])C([2H])([2H])N1C([2H])([2H])C([2H])(CC(C)C)C(=O)C([2H])([2H])C21[2H].[2H]c1c(OC)c(OC)c([2H])c2c1C1([2H])CC(=O)C(C([2H])([2H])C([2H])(C([2H])([2H])[2H])C([2H])([2H])C)C([2H])([2H])N1C([2H])([2H])C2([2H])[2H].[2H]c1c(OC)c(OC)c([2H])c2c1C1N(CC([2H])(C([2H])([2H])C([2H])(C([2H])([2H])[2H])C([2H])([2H])C)C(=O)C1([2H])[2H])C([2H])([2H])C2([2H])[2H].[2H]c1c(OC)c(OC)c([2H])c2c1C1N(CC2([2H])[2H])C([2H])([2H])C([2H])(C([2H])([2H])C([2H])(C([2H])([2H])[2H])C([2H])([2H])C)C(=O)C1([2H])[2H]. The number of piperidine rings is 6. The standard InChI is InChI=1S/3C20H29NO3.3C19H27NO3/c3*1-5-13(2)8-15-12-21-7-6-14-9-19(23-3)20(24-4)10-16(14)17(21)11-18(15)22;3*1-12(2)7-14-11-20-6-5-13-8-18(22-3)19(23-4)9-15(13)16(20)10-17(14)21/h3*9-10,13,15,17H,5-8,11-12H2,1-4H3;3*8-9,12,14,16H,5-7,10-11H2,1-4H3/i2D3,5D2,6D2,8D2,9D,10D,11D2,12D2,13D,15D;2D3,5D2,6D2,7D2,8D2,9D,10D,12D2,13D,17D;2D3,5D2,6D2,7D2,8D2,9D,10D,11D2,13D,15D;5D2,6D2,8D,9D,10D2,11D2,14D,16D;5D2,6D2,10D2,14D,16D;5D2,6D2,11D2,16D. The fourth-order valence-electron chi connectivity index (χ4n) is 15.6. The van der Waals surface area contributed by atoms with Crippen molar-refractivity contribution >= 4 is 34.7 Å². The zero-order valence-electron chi connectivity index (χ0n) is 160. The summed E-state index contributed by atoms with van der Waals surface area (Å²) in [5.41, 5.74) is -7.13. The summed E-state index contributed by atoms with van der Waals surface area (Å²) in [5.74, 6) is -41.5. The molecule has 6 aromatic carbocycles. The van der Waals surface area contributed by atoms with Crippen LogP contribution in [0.25, 0.3) is 0 Å². The second-order valence-electron chi connectivity index (χ2n) is 33.1. The van der Waals surface area contributed by atoms with E-state index in [0.717, 1.165) is 56.9 Å². The normalized spacial score (nSPS) is 45.2. The zero-order chi connectivity index (χ0) is 171. The molecule has 6 saturated heterocycles. The molecule has 0 amide bonds. The molecule has 0 N–H and O–H groups in total. The first-order chi connectivity index (χ1) is 97.6. The van der Waals surface area contributed by atoms with Crippen molar-refractivity contribution in [2.45, 2.75) is 253 Å². The Morgan fingerprint density at radius 1 is 0.326 bits per heavy atom. The molecule has 0 saturated carbocycles. The molecule has 0 spiro atoms. The van der Waals surface area contributed by atoms with E-state index in [2.05, 4.69) is 0 Å². The van der Waals surface area contributed by atoms with Crippen molar-refractivity contribution in [3.63, 3.8) is 0 Å². The van der Waals surface area contributed by atoms with Crippen LogP contribution in [-0.4, -0.2) is 228 Å². The second-order valence-corrected chi connectivity index (χ2v) is 33.1. The van der Waals surface area contributed by atoms with Crippen LogP contribution < -0.4 is 56.8 Å². The van der Waals surface area contributed by atoms with Gasteiger partial charge in [-0.1, -0.05) is 102 Å². The summed E-state index contributed by atoms with van der Waals surface area (Å²) in [4.78, 5) is 82.9. The molecule has 18 rings (SSSR count). The van der Waals surface area contributed by atoms with Gasteiger partial charge in [0.1, 0.15) is 34.7 Å². The van der Waals surface area contributed by atoms with Gasteiger partial charge in [0.15, 0.2) is 69.0 Å². The van der Waals surface area contributed by atoms with Crippen LogP contribution in [0.15, 0.2) is 72.6 Å². The summed E-state index contributed by atoms with van der Waals surface area (Å²) in [7, 11) is 14.0. The van der Waals surface area contributed by atoms with Gasteiger partial charge in [-0.25, -0.2) is 0 Å². The minimum absolute atomic E-state index is 0.000460. The first-order valence-corrected chi connectivity index (χ1v) is 44.1.